The summed E-state index contributed by atoms with van der Waals surface area (Å²) in [5.41, 5.74) is 0. The van der Waals surface area contributed by atoms with Gasteiger partial charge >= 0.3 is 45.5 Å². The van der Waals surface area contributed by atoms with E-state index in [2.05, 4.69) is 22.5 Å². The third-order valence-corrected chi connectivity index (χ3v) is 0. The summed E-state index contributed by atoms with van der Waals surface area (Å²) in [4.78, 5) is 17.8. The summed E-state index contributed by atoms with van der Waals surface area (Å²) >= 11 is 8.68. The zero-order chi connectivity index (χ0) is 7.15. The first-order chi connectivity index (χ1) is 3.46. The first kappa shape index (κ1) is 17.2. The fraction of sp³-hybridized carbons (Fsp3) is 0. The molecule has 0 bridgehead atoms. The Balaban J connectivity index is -0.0000000720. The van der Waals surface area contributed by atoms with Crippen molar-refractivity contribution in [3.05, 3.63) is 0 Å². The molecule has 0 aliphatic carbocycles. The molecule has 0 aromatic heterocycles. The minimum absolute atomic E-state index is 0. The van der Waals surface area contributed by atoms with E-state index < -0.39 is 14.3 Å². The van der Waals surface area contributed by atoms with Crippen LogP contribution < -0.4 is 9.79 Å². The van der Waals surface area contributed by atoms with Gasteiger partial charge < -0.3 is 9.79 Å². The average Bonchev–Trinajstić information content (AvgIpc) is 1.25. The first-order valence-electron chi connectivity index (χ1n) is 1.10. The molecular formula is Cl2N2O2P2Sr. The van der Waals surface area contributed by atoms with E-state index in [1.165, 1.54) is 0 Å². The molecule has 0 N–H and O–H groups in total. The average molecular weight is 280 g/mol. The van der Waals surface area contributed by atoms with E-state index in [4.69, 9.17) is 19.8 Å². The minimum Gasteiger partial charge on any atom is -0.773 e. The van der Waals surface area contributed by atoms with Crippen LogP contribution in [-0.2, 0) is 0 Å². The van der Waals surface area contributed by atoms with Crippen molar-refractivity contribution < 1.29 is 9.79 Å². The summed E-state index contributed by atoms with van der Waals surface area (Å²) in [7, 11) is -4.80. The fourth-order valence-electron chi connectivity index (χ4n) is 0. The van der Waals surface area contributed by atoms with Crippen molar-refractivity contribution in [2.75, 3.05) is 0 Å². The normalized spacial score (nSPS) is 9.56. The van der Waals surface area contributed by atoms with Gasteiger partial charge in [0.15, 0.2) is 0 Å². The van der Waals surface area contributed by atoms with Crippen molar-refractivity contribution in [3.63, 3.8) is 0 Å². The molecule has 0 aromatic rings. The smallest absolute Gasteiger partial charge is 0.773 e. The van der Waals surface area contributed by atoms with E-state index in [0.717, 1.165) is 0 Å². The van der Waals surface area contributed by atoms with Crippen LogP contribution in [0.1, 0.15) is 0 Å². The van der Waals surface area contributed by atoms with Gasteiger partial charge in [0.1, 0.15) is 0 Å². The van der Waals surface area contributed by atoms with Crippen molar-refractivity contribution in [2.45, 2.75) is 0 Å². The molecule has 0 aliphatic heterocycles. The Kier molecular flexibility index (Phi) is 24.2. The van der Waals surface area contributed by atoms with Crippen molar-refractivity contribution >= 4 is 82.2 Å². The van der Waals surface area contributed by atoms with Crippen LogP contribution in [0.4, 0.5) is 0 Å². The molecule has 0 rings (SSSR count). The molecule has 2 unspecified atom stereocenters. The van der Waals surface area contributed by atoms with E-state index in [9.17, 15) is 0 Å². The molecule has 9 heavy (non-hydrogen) atoms. The van der Waals surface area contributed by atoms with Gasteiger partial charge in [0.2, 0.25) is 0 Å². The van der Waals surface area contributed by atoms with Gasteiger partial charge in [-0.3, -0.25) is 0 Å². The Morgan fingerprint density at radius 1 is 1.00 bits per heavy atom. The van der Waals surface area contributed by atoms with E-state index in [1.54, 1.807) is 0 Å². The van der Waals surface area contributed by atoms with E-state index in [1.807, 2.05) is 0 Å². The number of halogens is 2. The quantitative estimate of drug-likeness (QED) is 0.473. The second kappa shape index (κ2) is 12.7. The van der Waals surface area contributed by atoms with Crippen LogP contribution in [0.25, 0.3) is 0 Å². The molecule has 4 nitrogen and oxygen atoms in total. The first-order valence-corrected chi connectivity index (χ1v) is 5.34. The minimum atomic E-state index is -2.40. The molecule has 48 valence electrons. The third kappa shape index (κ3) is 160. The van der Waals surface area contributed by atoms with Gasteiger partial charge in [-0.2, -0.15) is 0 Å². The van der Waals surface area contributed by atoms with Gasteiger partial charge in [0, 0.05) is 0 Å². The Hall–Kier alpha value is 2.00. The summed E-state index contributed by atoms with van der Waals surface area (Å²) < 4.78 is 0. The zero-order valence-corrected chi connectivity index (χ0v) is 10.8. The Morgan fingerprint density at radius 3 is 1.00 bits per heavy atom. The third-order valence-electron chi connectivity index (χ3n) is 0. The van der Waals surface area contributed by atoms with Crippen molar-refractivity contribution in [1.82, 2.24) is 0 Å². The number of hydrogen-bond acceptors (Lipinski definition) is 4. The molecule has 0 aromatic carbocycles. The Morgan fingerprint density at radius 2 is 1.00 bits per heavy atom. The molecular weight excluding hydrogens is 280 g/mol. The number of rotatable bonds is 0. The van der Waals surface area contributed by atoms with Crippen molar-refractivity contribution in [1.29, 1.82) is 10.0 Å². The van der Waals surface area contributed by atoms with Crippen LogP contribution in [-0.4, -0.2) is 45.5 Å². The monoisotopic (exact) mass is 280 g/mol. The van der Waals surface area contributed by atoms with Crippen LogP contribution >= 0.6 is 36.8 Å². The predicted octanol–water partition coefficient (Wildman–Crippen LogP) is 0.373. The molecule has 0 radical (unpaired) electrons. The molecule has 0 amide bonds. The van der Waals surface area contributed by atoms with Gasteiger partial charge in [-0.1, -0.05) is 0 Å². The molecule has 2 atom stereocenters. The fourth-order valence-corrected chi connectivity index (χ4v) is 0. The summed E-state index contributed by atoms with van der Waals surface area (Å²) in [6.45, 7) is 0. The standard InChI is InChI=1S/2ClNOP.Sr/c2*1-4(2)3;/q2*-1;+2. The second-order valence-corrected chi connectivity index (χ2v) is 3.09. The summed E-state index contributed by atoms with van der Waals surface area (Å²) in [6.07, 6.45) is 0. The molecule has 0 saturated carbocycles. The van der Waals surface area contributed by atoms with Gasteiger partial charge in [-0.15, -0.1) is 0 Å². The van der Waals surface area contributed by atoms with Gasteiger partial charge in [-0.25, -0.2) is 10.0 Å². The largest absolute Gasteiger partial charge is 2.00 e. The Bertz CT molecular complexity index is 133. The van der Waals surface area contributed by atoms with E-state index in [0.29, 0.717) is 0 Å². The topological polar surface area (TPSA) is 93.7 Å². The van der Waals surface area contributed by atoms with Crippen LogP contribution in [0.15, 0.2) is 0 Å². The number of hydrogen-bond donors (Lipinski definition) is 0. The molecule has 0 fully saturated rings. The van der Waals surface area contributed by atoms with Crippen LogP contribution in [0.5, 0.6) is 0 Å². The SMILES string of the molecule is N#P([O-])Cl.N#P([O-])Cl.[Sr+2]. The van der Waals surface area contributed by atoms with E-state index in [-0.39, 0.29) is 45.5 Å². The van der Waals surface area contributed by atoms with Crippen LogP contribution in [0.2, 0.25) is 0 Å². The maximum atomic E-state index is 8.91. The predicted molar refractivity (Wildman–Crippen MR) is 34.8 cm³/mol. The van der Waals surface area contributed by atoms with Gasteiger partial charge in [0.25, 0.3) is 0 Å². The molecule has 0 heterocycles. The summed E-state index contributed by atoms with van der Waals surface area (Å²) in [5, 5.41) is 14.7. The molecule has 0 saturated heterocycles. The van der Waals surface area contributed by atoms with E-state index >= 15 is 0 Å². The van der Waals surface area contributed by atoms with Crippen LogP contribution in [0, 0.1) is 10.0 Å². The summed E-state index contributed by atoms with van der Waals surface area (Å²) in [5.74, 6) is 0. The number of nitrogens with zero attached hydrogens (tertiary/aromatic N) is 2. The molecule has 0 aliphatic rings. The van der Waals surface area contributed by atoms with Crippen LogP contribution in [0.3, 0.4) is 0 Å². The van der Waals surface area contributed by atoms with Crippen molar-refractivity contribution in [3.8, 4) is 0 Å². The zero-order valence-electron chi connectivity index (χ0n) is 4.07. The van der Waals surface area contributed by atoms with Gasteiger partial charge in [0.05, 0.1) is 14.3 Å². The maximum Gasteiger partial charge on any atom is 2.00 e. The molecule has 0 spiro atoms. The summed E-state index contributed by atoms with van der Waals surface area (Å²) in [6, 6.07) is 0. The second-order valence-electron chi connectivity index (χ2n) is 0.452. The van der Waals surface area contributed by atoms with Gasteiger partial charge in [-0.05, 0) is 22.5 Å². The maximum absolute atomic E-state index is 8.91. The van der Waals surface area contributed by atoms with Crippen molar-refractivity contribution in [2.24, 2.45) is 0 Å². The Labute approximate surface area is 100 Å². The molecule has 9 heteroatoms.